The average Bonchev–Trinajstić information content (AvgIpc) is 2.81. The summed E-state index contributed by atoms with van der Waals surface area (Å²) in [6, 6.07) is 4.31. The Balaban J connectivity index is 2.10. The molecule has 114 valence electrons. The van der Waals surface area contributed by atoms with E-state index < -0.39 is 29.9 Å². The smallest absolute Gasteiger partial charge is 0.327 e. The van der Waals surface area contributed by atoms with E-state index in [9.17, 15) is 14.0 Å². The van der Waals surface area contributed by atoms with E-state index in [-0.39, 0.29) is 5.37 Å². The molecule has 2 amide bonds. The van der Waals surface area contributed by atoms with Crippen molar-refractivity contribution in [1.82, 2.24) is 10.2 Å². The van der Waals surface area contributed by atoms with Crippen LogP contribution in [0.2, 0.25) is 0 Å². The van der Waals surface area contributed by atoms with Crippen molar-refractivity contribution in [2.75, 3.05) is 5.75 Å². The lowest BCUT2D eigenvalue weighted by molar-refractivity contribution is -0.141. The number of hydrogen-bond acceptors (Lipinski definition) is 3. The minimum Gasteiger partial charge on any atom is -0.480 e. The Bertz CT molecular complexity index is 555. The first-order valence-electron chi connectivity index (χ1n) is 6.59. The third-order valence-electron chi connectivity index (χ3n) is 3.45. The zero-order valence-corrected chi connectivity index (χ0v) is 12.6. The fourth-order valence-corrected chi connectivity index (χ4v) is 3.47. The van der Waals surface area contributed by atoms with Crippen molar-refractivity contribution in [1.29, 1.82) is 0 Å². The van der Waals surface area contributed by atoms with E-state index in [1.54, 1.807) is 32.0 Å². The van der Waals surface area contributed by atoms with Crippen LogP contribution in [-0.4, -0.2) is 39.2 Å². The number of nitrogens with zero attached hydrogens (tertiary/aromatic N) is 1. The summed E-state index contributed by atoms with van der Waals surface area (Å²) in [6.45, 7) is 3.45. The van der Waals surface area contributed by atoms with Crippen molar-refractivity contribution in [3.05, 3.63) is 35.6 Å². The van der Waals surface area contributed by atoms with Gasteiger partial charge in [-0.3, -0.25) is 4.90 Å². The summed E-state index contributed by atoms with van der Waals surface area (Å²) in [6.07, 6.45) is 0. The van der Waals surface area contributed by atoms with Gasteiger partial charge in [0.2, 0.25) is 0 Å². The minimum absolute atomic E-state index is 0.223. The first-order chi connectivity index (χ1) is 9.91. The molecule has 1 aliphatic rings. The van der Waals surface area contributed by atoms with E-state index in [0.717, 1.165) is 0 Å². The van der Waals surface area contributed by atoms with Crippen LogP contribution in [-0.2, 0) is 4.79 Å². The molecule has 2 N–H and O–H groups in total. The summed E-state index contributed by atoms with van der Waals surface area (Å²) >= 11 is 1.41. The molecular weight excluding hydrogens is 295 g/mol. The van der Waals surface area contributed by atoms with E-state index in [1.165, 1.54) is 22.7 Å². The fraction of sp³-hybridized carbons (Fsp3) is 0.429. The SMILES string of the molecule is CC(NC(=O)N1C(C)SCC1C(=O)O)c1ccccc1F. The number of carbonyl (C=O) groups is 2. The molecule has 0 radical (unpaired) electrons. The molecule has 0 aliphatic carbocycles. The predicted octanol–water partition coefficient (Wildman–Crippen LogP) is 2.44. The molecule has 7 heteroatoms. The van der Waals surface area contributed by atoms with Gasteiger partial charge < -0.3 is 10.4 Å². The highest BCUT2D eigenvalue weighted by Crippen LogP contribution is 2.29. The Morgan fingerprint density at radius 1 is 1.48 bits per heavy atom. The maximum absolute atomic E-state index is 13.7. The van der Waals surface area contributed by atoms with Crippen molar-refractivity contribution < 1.29 is 19.1 Å². The second-order valence-corrected chi connectivity index (χ2v) is 6.24. The molecule has 1 heterocycles. The maximum atomic E-state index is 13.7. The zero-order valence-electron chi connectivity index (χ0n) is 11.7. The van der Waals surface area contributed by atoms with E-state index in [1.807, 2.05) is 0 Å². The van der Waals surface area contributed by atoms with Crippen molar-refractivity contribution in [2.45, 2.75) is 31.3 Å². The normalized spacial score (nSPS) is 22.9. The topological polar surface area (TPSA) is 69.6 Å². The van der Waals surface area contributed by atoms with E-state index >= 15 is 0 Å². The van der Waals surface area contributed by atoms with Crippen LogP contribution >= 0.6 is 11.8 Å². The summed E-state index contributed by atoms with van der Waals surface area (Å²) in [5.41, 5.74) is 0.372. The number of halogens is 1. The number of carboxylic acid groups (broad SMARTS) is 1. The molecule has 0 bridgehead atoms. The average molecular weight is 312 g/mol. The second kappa shape index (κ2) is 6.34. The summed E-state index contributed by atoms with van der Waals surface area (Å²) in [7, 11) is 0. The fourth-order valence-electron chi connectivity index (χ4n) is 2.31. The molecule has 0 saturated carbocycles. The van der Waals surface area contributed by atoms with E-state index in [4.69, 9.17) is 5.11 Å². The number of carboxylic acids is 1. The number of aliphatic carboxylic acids is 1. The van der Waals surface area contributed by atoms with Crippen LogP contribution in [0.1, 0.15) is 25.5 Å². The molecule has 2 rings (SSSR count). The second-order valence-electron chi connectivity index (χ2n) is 4.89. The molecule has 1 saturated heterocycles. The number of thioether (sulfide) groups is 1. The van der Waals surface area contributed by atoms with Gasteiger partial charge in [0.1, 0.15) is 11.9 Å². The van der Waals surface area contributed by atoms with Crippen LogP contribution in [0.5, 0.6) is 0 Å². The largest absolute Gasteiger partial charge is 0.480 e. The number of hydrogen-bond donors (Lipinski definition) is 2. The maximum Gasteiger partial charge on any atom is 0.327 e. The molecule has 21 heavy (non-hydrogen) atoms. The quantitative estimate of drug-likeness (QED) is 0.899. The zero-order chi connectivity index (χ0) is 15.6. The van der Waals surface area contributed by atoms with Gasteiger partial charge in [-0.25, -0.2) is 14.0 Å². The van der Waals surface area contributed by atoms with Gasteiger partial charge in [-0.2, -0.15) is 0 Å². The van der Waals surface area contributed by atoms with Crippen LogP contribution in [0.25, 0.3) is 0 Å². The highest BCUT2D eigenvalue weighted by Gasteiger charge is 2.39. The highest BCUT2D eigenvalue weighted by atomic mass is 32.2. The molecule has 1 fully saturated rings. The molecule has 1 aliphatic heterocycles. The first-order valence-corrected chi connectivity index (χ1v) is 7.64. The Morgan fingerprint density at radius 3 is 2.76 bits per heavy atom. The summed E-state index contributed by atoms with van der Waals surface area (Å²) in [5, 5.41) is 11.6. The van der Waals surface area contributed by atoms with Crippen LogP contribution in [0, 0.1) is 5.82 Å². The molecule has 0 spiro atoms. The summed E-state index contributed by atoms with van der Waals surface area (Å²) in [4.78, 5) is 24.8. The van der Waals surface area contributed by atoms with Gasteiger partial charge in [-0.1, -0.05) is 18.2 Å². The van der Waals surface area contributed by atoms with Crippen LogP contribution in [0.15, 0.2) is 24.3 Å². The Morgan fingerprint density at radius 2 is 2.14 bits per heavy atom. The Kier molecular flexibility index (Phi) is 4.72. The lowest BCUT2D eigenvalue weighted by Gasteiger charge is -2.27. The van der Waals surface area contributed by atoms with Gasteiger partial charge in [-0.05, 0) is 19.9 Å². The molecular formula is C14H17FN2O3S. The van der Waals surface area contributed by atoms with Crippen molar-refractivity contribution in [3.8, 4) is 0 Å². The molecule has 3 unspecified atom stereocenters. The Labute approximate surface area is 126 Å². The molecule has 5 nitrogen and oxygen atoms in total. The van der Waals surface area contributed by atoms with Gasteiger partial charge >= 0.3 is 12.0 Å². The number of amides is 2. The molecule has 1 aromatic rings. The third-order valence-corrected chi connectivity index (χ3v) is 4.67. The van der Waals surface area contributed by atoms with E-state index in [2.05, 4.69) is 5.32 Å². The van der Waals surface area contributed by atoms with Crippen molar-refractivity contribution in [2.24, 2.45) is 0 Å². The molecule has 3 atom stereocenters. The lowest BCUT2D eigenvalue weighted by Crippen LogP contribution is -2.50. The van der Waals surface area contributed by atoms with Crippen LogP contribution in [0.3, 0.4) is 0 Å². The highest BCUT2D eigenvalue weighted by molar-refractivity contribution is 8.00. The lowest BCUT2D eigenvalue weighted by atomic mass is 10.1. The standard InChI is InChI=1S/C14H17FN2O3S/c1-8(10-5-3-4-6-11(10)15)16-14(20)17-9(2)21-7-12(17)13(18)19/h3-6,8-9,12H,7H2,1-2H3,(H,16,20)(H,18,19). The van der Waals surface area contributed by atoms with Gasteiger partial charge in [0, 0.05) is 11.3 Å². The minimum atomic E-state index is -1.03. The van der Waals surface area contributed by atoms with Gasteiger partial charge in [0.05, 0.1) is 11.4 Å². The first kappa shape index (κ1) is 15.6. The van der Waals surface area contributed by atoms with Gasteiger partial charge in [-0.15, -0.1) is 11.8 Å². The van der Waals surface area contributed by atoms with Gasteiger partial charge in [0.15, 0.2) is 0 Å². The number of nitrogens with one attached hydrogen (secondary N) is 1. The van der Waals surface area contributed by atoms with E-state index in [0.29, 0.717) is 11.3 Å². The van der Waals surface area contributed by atoms with Crippen LogP contribution < -0.4 is 5.32 Å². The number of benzene rings is 1. The number of urea groups is 1. The molecule has 1 aromatic carbocycles. The monoisotopic (exact) mass is 312 g/mol. The third kappa shape index (κ3) is 3.29. The molecule has 0 aromatic heterocycles. The Hall–Kier alpha value is -1.76. The summed E-state index contributed by atoms with van der Waals surface area (Å²) in [5.74, 6) is -1.07. The van der Waals surface area contributed by atoms with Crippen molar-refractivity contribution >= 4 is 23.8 Å². The predicted molar refractivity (Wildman–Crippen MR) is 78.5 cm³/mol. The van der Waals surface area contributed by atoms with Crippen LogP contribution in [0.4, 0.5) is 9.18 Å². The summed E-state index contributed by atoms with van der Waals surface area (Å²) < 4.78 is 13.7. The van der Waals surface area contributed by atoms with Gasteiger partial charge in [0.25, 0.3) is 0 Å². The number of carbonyl (C=O) groups excluding carboxylic acids is 1. The number of rotatable bonds is 3. The van der Waals surface area contributed by atoms with Crippen molar-refractivity contribution in [3.63, 3.8) is 0 Å².